The van der Waals surface area contributed by atoms with Gasteiger partial charge in [-0.1, -0.05) is 32.3 Å². The highest BCUT2D eigenvalue weighted by molar-refractivity contribution is 5.95. The van der Waals surface area contributed by atoms with Gasteiger partial charge in [-0.15, -0.1) is 0 Å². The summed E-state index contributed by atoms with van der Waals surface area (Å²) in [7, 11) is 0. The molecule has 0 fully saturated rings. The molecule has 7 aromatic rings. The third-order valence-electron chi connectivity index (χ3n) is 10.4. The molecule has 0 aliphatic rings. The van der Waals surface area contributed by atoms with Crippen molar-refractivity contribution in [2.45, 2.75) is 39.0 Å². The van der Waals surface area contributed by atoms with Gasteiger partial charge in [0.25, 0.3) is 0 Å². The third-order valence-corrected chi connectivity index (χ3v) is 10.4. The molecule has 0 aliphatic heterocycles. The number of carbonyl (C=O) groups excluding carboxylic acids is 5. The van der Waals surface area contributed by atoms with Crippen LogP contribution in [-0.4, -0.2) is 49.7 Å². The summed E-state index contributed by atoms with van der Waals surface area (Å²) < 4.78 is 44.7. The Morgan fingerprint density at radius 3 is 1.07 bits per heavy atom. The third kappa shape index (κ3) is 15.1. The maximum atomic E-state index is 13.0. The van der Waals surface area contributed by atoms with E-state index in [9.17, 15) is 24.0 Å². The SMILES string of the molecule is CCCCCCOc1ccc(C(=O)Oc2ccc(OCCCOc3ccc(C(=O)Oc4ccc(C(=O)Oc5cccc(C(=O)Oc6ccc(OC(=O)c7ccc(C#N)cc7)cc6)c5)cc4)cc3)cc2)cc1. The van der Waals surface area contributed by atoms with Gasteiger partial charge in [0.15, 0.2) is 0 Å². The topological polar surface area (TPSA) is 183 Å². The number of nitriles is 1. The molecule has 0 bridgehead atoms. The average Bonchev–Trinajstić information content (AvgIpc) is 3.40. The summed E-state index contributed by atoms with van der Waals surface area (Å²) in [5.41, 5.74) is 1.66. The van der Waals surface area contributed by atoms with Gasteiger partial charge in [-0.25, -0.2) is 24.0 Å². The lowest BCUT2D eigenvalue weighted by molar-refractivity contribution is 0.0713. The van der Waals surface area contributed by atoms with E-state index >= 15 is 0 Å². The first-order valence-corrected chi connectivity index (χ1v) is 22.7. The number of unbranched alkanes of at least 4 members (excludes halogenated alkanes) is 3. The van der Waals surface area contributed by atoms with Gasteiger partial charge in [0, 0.05) is 6.42 Å². The Bertz CT molecular complexity index is 2950. The Balaban J connectivity index is 0.784. The molecule has 0 unspecified atom stereocenters. The molecule has 14 nitrogen and oxygen atoms in total. The second-order valence-corrected chi connectivity index (χ2v) is 15.6. The van der Waals surface area contributed by atoms with E-state index in [4.69, 9.17) is 43.2 Å². The van der Waals surface area contributed by atoms with Gasteiger partial charge in [-0.3, -0.25) is 0 Å². The molecular formula is C57H47NO13. The van der Waals surface area contributed by atoms with Crippen LogP contribution in [0.3, 0.4) is 0 Å². The fourth-order valence-corrected chi connectivity index (χ4v) is 6.57. The highest BCUT2D eigenvalue weighted by Crippen LogP contribution is 2.24. The largest absolute Gasteiger partial charge is 0.494 e. The number of hydrogen-bond donors (Lipinski definition) is 0. The molecule has 0 amide bonds. The summed E-state index contributed by atoms with van der Waals surface area (Å²) in [6, 6.07) is 45.6. The normalized spacial score (nSPS) is 10.5. The van der Waals surface area contributed by atoms with Crippen molar-refractivity contribution in [3.8, 4) is 52.1 Å². The molecule has 0 aliphatic carbocycles. The summed E-state index contributed by atoms with van der Waals surface area (Å²) in [5, 5.41) is 8.94. The maximum absolute atomic E-state index is 13.0. The molecule has 14 heteroatoms. The van der Waals surface area contributed by atoms with E-state index in [0.29, 0.717) is 54.6 Å². The van der Waals surface area contributed by atoms with Crippen molar-refractivity contribution in [1.82, 2.24) is 0 Å². The van der Waals surface area contributed by atoms with Crippen molar-refractivity contribution in [3.63, 3.8) is 0 Å². The van der Waals surface area contributed by atoms with Crippen LogP contribution in [0.4, 0.5) is 0 Å². The van der Waals surface area contributed by atoms with E-state index in [0.717, 1.165) is 18.6 Å². The molecule has 71 heavy (non-hydrogen) atoms. The highest BCUT2D eigenvalue weighted by Gasteiger charge is 2.16. The Morgan fingerprint density at radius 1 is 0.352 bits per heavy atom. The van der Waals surface area contributed by atoms with Gasteiger partial charge < -0.3 is 37.9 Å². The molecule has 0 atom stereocenters. The Hall–Kier alpha value is -9.22. The molecule has 0 saturated carbocycles. The Morgan fingerprint density at radius 2 is 0.676 bits per heavy atom. The van der Waals surface area contributed by atoms with Gasteiger partial charge >= 0.3 is 29.8 Å². The lowest BCUT2D eigenvalue weighted by atomic mass is 10.1. The fraction of sp³-hybridized carbons (Fsp3) is 0.158. The second kappa shape index (κ2) is 25.2. The minimum absolute atomic E-state index is 0.0897. The van der Waals surface area contributed by atoms with Crippen molar-refractivity contribution >= 4 is 29.8 Å². The summed E-state index contributed by atoms with van der Waals surface area (Å²) in [4.78, 5) is 63.8. The van der Waals surface area contributed by atoms with Crippen LogP contribution in [0.15, 0.2) is 170 Å². The standard InChI is InChI=1S/C57H47NO13/c1-2-3-4-5-34-64-45-20-14-42(15-21-45)55(61)68-49-28-26-47(27-29-49)66-36-7-35-65-46-22-16-41(17-23-46)54(60)67-48-24-18-43(19-25-48)56(62)71-52-9-6-8-44(37-52)57(63)70-51-32-30-50(31-33-51)69-53(59)40-12-10-39(38-58)11-13-40/h6,8-33,37H,2-5,7,34-36H2,1H3. The number of ether oxygens (including phenoxy) is 8. The second-order valence-electron chi connectivity index (χ2n) is 15.6. The predicted octanol–water partition coefficient (Wildman–Crippen LogP) is 11.5. The molecule has 7 aromatic carbocycles. The first-order chi connectivity index (χ1) is 34.6. The van der Waals surface area contributed by atoms with Crippen LogP contribution >= 0.6 is 0 Å². The van der Waals surface area contributed by atoms with Crippen LogP contribution < -0.4 is 37.9 Å². The Labute approximate surface area is 409 Å². The molecule has 7 rings (SSSR count). The van der Waals surface area contributed by atoms with E-state index in [-0.39, 0.29) is 45.3 Å². The smallest absolute Gasteiger partial charge is 0.343 e. The summed E-state index contributed by atoms with van der Waals surface area (Å²) in [6.07, 6.45) is 5.07. The van der Waals surface area contributed by atoms with Crippen LogP contribution in [0.5, 0.6) is 46.0 Å². The zero-order valence-electron chi connectivity index (χ0n) is 38.6. The number of rotatable bonds is 22. The summed E-state index contributed by atoms with van der Waals surface area (Å²) in [6.45, 7) is 3.55. The van der Waals surface area contributed by atoms with E-state index < -0.39 is 29.8 Å². The summed E-state index contributed by atoms with van der Waals surface area (Å²) in [5.74, 6) is -0.183. The Kier molecular flexibility index (Phi) is 17.7. The lowest BCUT2D eigenvalue weighted by Gasteiger charge is -2.10. The van der Waals surface area contributed by atoms with Gasteiger partial charge in [0.2, 0.25) is 0 Å². The number of hydrogen-bond acceptors (Lipinski definition) is 14. The molecule has 0 aromatic heterocycles. The number of carbonyl (C=O) groups is 5. The first kappa shape index (κ1) is 49.7. The molecule has 0 saturated heterocycles. The number of benzene rings is 7. The molecule has 0 spiro atoms. The fourth-order valence-electron chi connectivity index (χ4n) is 6.57. The zero-order valence-corrected chi connectivity index (χ0v) is 38.6. The molecule has 0 heterocycles. The van der Waals surface area contributed by atoms with Crippen molar-refractivity contribution in [2.24, 2.45) is 0 Å². The van der Waals surface area contributed by atoms with E-state index in [1.165, 1.54) is 110 Å². The first-order valence-electron chi connectivity index (χ1n) is 22.7. The number of esters is 5. The van der Waals surface area contributed by atoms with Crippen LogP contribution in [0, 0.1) is 11.3 Å². The predicted molar refractivity (Wildman–Crippen MR) is 260 cm³/mol. The summed E-state index contributed by atoms with van der Waals surface area (Å²) >= 11 is 0. The van der Waals surface area contributed by atoms with E-state index in [1.807, 2.05) is 6.07 Å². The van der Waals surface area contributed by atoms with Crippen molar-refractivity contribution < 1.29 is 61.9 Å². The molecular weight excluding hydrogens is 907 g/mol. The minimum Gasteiger partial charge on any atom is -0.494 e. The van der Waals surface area contributed by atoms with Gasteiger partial charge in [-0.05, 0) is 170 Å². The van der Waals surface area contributed by atoms with Crippen LogP contribution in [-0.2, 0) is 0 Å². The molecule has 358 valence electrons. The number of nitrogens with zero attached hydrogens (tertiary/aromatic N) is 1. The van der Waals surface area contributed by atoms with Gasteiger partial charge in [0.1, 0.15) is 46.0 Å². The quantitative estimate of drug-likeness (QED) is 0.0355. The van der Waals surface area contributed by atoms with Gasteiger partial charge in [0.05, 0.1) is 59.3 Å². The highest BCUT2D eigenvalue weighted by atomic mass is 16.6. The van der Waals surface area contributed by atoms with Crippen LogP contribution in [0.1, 0.15) is 96.4 Å². The van der Waals surface area contributed by atoms with Crippen molar-refractivity contribution in [1.29, 1.82) is 5.26 Å². The van der Waals surface area contributed by atoms with E-state index in [2.05, 4.69) is 6.92 Å². The van der Waals surface area contributed by atoms with Gasteiger partial charge in [-0.2, -0.15) is 5.26 Å². The average molecular weight is 954 g/mol. The zero-order chi connectivity index (χ0) is 49.8. The minimum atomic E-state index is -0.722. The van der Waals surface area contributed by atoms with Crippen molar-refractivity contribution in [2.75, 3.05) is 19.8 Å². The maximum Gasteiger partial charge on any atom is 0.343 e. The van der Waals surface area contributed by atoms with Crippen LogP contribution in [0.25, 0.3) is 0 Å². The lowest BCUT2D eigenvalue weighted by Crippen LogP contribution is -2.12. The van der Waals surface area contributed by atoms with E-state index in [1.54, 1.807) is 72.8 Å². The van der Waals surface area contributed by atoms with Crippen molar-refractivity contribution in [3.05, 3.63) is 203 Å². The monoisotopic (exact) mass is 953 g/mol. The molecule has 0 radical (unpaired) electrons. The molecule has 0 N–H and O–H groups in total. The van der Waals surface area contributed by atoms with Crippen LogP contribution in [0.2, 0.25) is 0 Å².